The van der Waals surface area contributed by atoms with Gasteiger partial charge in [0.25, 0.3) is 0 Å². The summed E-state index contributed by atoms with van der Waals surface area (Å²) in [5.41, 5.74) is 7.31. The zero-order valence-electron chi connectivity index (χ0n) is 10.6. The molecule has 2 aromatic rings. The second-order valence-corrected chi connectivity index (χ2v) is 5.42. The van der Waals surface area contributed by atoms with E-state index in [1.54, 1.807) is 6.07 Å². The Hall–Kier alpha value is -1.62. The van der Waals surface area contributed by atoms with Crippen molar-refractivity contribution in [2.24, 2.45) is 5.92 Å². The topological polar surface area (TPSA) is 69.6 Å². The van der Waals surface area contributed by atoms with Crippen molar-refractivity contribution in [1.29, 1.82) is 0 Å². The molecule has 100 valence electrons. The lowest BCUT2D eigenvalue weighted by molar-refractivity contribution is 0.527. The summed E-state index contributed by atoms with van der Waals surface area (Å²) in [6.07, 6.45) is 5.11. The number of aryl methyl sites for hydroxylation is 1. The van der Waals surface area contributed by atoms with Gasteiger partial charge in [0.1, 0.15) is 0 Å². The van der Waals surface area contributed by atoms with Crippen LogP contribution in [-0.2, 0) is 6.54 Å². The molecule has 5 nitrogen and oxygen atoms in total. The Bertz CT molecular complexity index is 576. The van der Waals surface area contributed by atoms with Gasteiger partial charge < -0.3 is 5.73 Å². The van der Waals surface area contributed by atoms with Crippen molar-refractivity contribution in [3.8, 4) is 11.4 Å². The molecule has 1 fully saturated rings. The zero-order valence-corrected chi connectivity index (χ0v) is 11.3. The number of rotatable bonds is 5. The first-order chi connectivity index (χ1) is 9.25. The smallest absolute Gasteiger partial charge is 0.184 e. The number of nitrogen functional groups attached to an aromatic ring is 1. The number of halogens is 1. The third-order valence-corrected chi connectivity index (χ3v) is 3.83. The van der Waals surface area contributed by atoms with E-state index in [2.05, 4.69) is 15.5 Å². The summed E-state index contributed by atoms with van der Waals surface area (Å²) in [6.45, 7) is 0.824. The first-order valence-corrected chi connectivity index (χ1v) is 6.94. The molecule has 1 heterocycles. The monoisotopic (exact) mass is 277 g/mol. The molecule has 1 saturated carbocycles. The van der Waals surface area contributed by atoms with Crippen LogP contribution in [0.5, 0.6) is 0 Å². The summed E-state index contributed by atoms with van der Waals surface area (Å²) >= 11 is 6.03. The molecule has 0 bridgehead atoms. The van der Waals surface area contributed by atoms with E-state index < -0.39 is 0 Å². The van der Waals surface area contributed by atoms with E-state index in [-0.39, 0.29) is 0 Å². The molecule has 0 amide bonds. The van der Waals surface area contributed by atoms with Gasteiger partial charge >= 0.3 is 0 Å². The number of anilines is 1. The summed E-state index contributed by atoms with van der Waals surface area (Å²) in [6, 6.07) is 5.52. The first-order valence-electron chi connectivity index (χ1n) is 6.56. The lowest BCUT2D eigenvalue weighted by Crippen LogP contribution is -2.05. The molecule has 0 spiro atoms. The third kappa shape index (κ3) is 2.71. The summed E-state index contributed by atoms with van der Waals surface area (Å²) in [4.78, 5) is 0. The second kappa shape index (κ2) is 5.17. The van der Waals surface area contributed by atoms with E-state index in [9.17, 15) is 0 Å². The average Bonchev–Trinajstić information content (AvgIpc) is 3.11. The lowest BCUT2D eigenvalue weighted by Gasteiger charge is -2.07. The molecule has 2 N–H and O–H groups in total. The molecule has 0 aliphatic heterocycles. The minimum atomic E-state index is 0.530. The normalized spacial score (nSPS) is 14.8. The highest BCUT2D eigenvalue weighted by atomic mass is 35.5. The van der Waals surface area contributed by atoms with Gasteiger partial charge in [-0.2, -0.15) is 0 Å². The van der Waals surface area contributed by atoms with Gasteiger partial charge in [-0.05, 0) is 41.3 Å². The number of hydrogen-bond donors (Lipinski definition) is 1. The number of nitrogens with two attached hydrogens (primary N) is 1. The maximum Gasteiger partial charge on any atom is 0.184 e. The maximum atomic E-state index is 6.03. The molecule has 19 heavy (non-hydrogen) atoms. The van der Waals surface area contributed by atoms with Crippen LogP contribution in [0, 0.1) is 5.92 Å². The minimum absolute atomic E-state index is 0.530. The van der Waals surface area contributed by atoms with Crippen LogP contribution in [0.15, 0.2) is 18.2 Å². The Morgan fingerprint density at radius 2 is 2.21 bits per heavy atom. The van der Waals surface area contributed by atoms with E-state index in [4.69, 9.17) is 17.3 Å². The lowest BCUT2D eigenvalue weighted by atomic mass is 10.1. The zero-order chi connectivity index (χ0) is 13.2. The van der Waals surface area contributed by atoms with Gasteiger partial charge in [-0.25, -0.2) is 4.68 Å². The highest BCUT2D eigenvalue weighted by Gasteiger charge is 2.21. The highest BCUT2D eigenvalue weighted by Crippen LogP contribution is 2.34. The molecule has 1 aliphatic rings. The number of hydrogen-bond acceptors (Lipinski definition) is 4. The van der Waals surface area contributed by atoms with E-state index in [1.165, 1.54) is 19.3 Å². The highest BCUT2D eigenvalue weighted by molar-refractivity contribution is 6.33. The van der Waals surface area contributed by atoms with E-state index in [0.29, 0.717) is 16.5 Å². The summed E-state index contributed by atoms with van der Waals surface area (Å²) in [5, 5.41) is 12.4. The quantitative estimate of drug-likeness (QED) is 0.853. The van der Waals surface area contributed by atoms with Gasteiger partial charge in [0, 0.05) is 12.1 Å². The Morgan fingerprint density at radius 3 is 3.00 bits per heavy atom. The molecular weight excluding hydrogens is 262 g/mol. The molecule has 1 aliphatic carbocycles. The predicted octanol–water partition coefficient (Wildman–Crippen LogP) is 2.77. The molecule has 3 rings (SSSR count). The van der Waals surface area contributed by atoms with E-state index in [1.807, 2.05) is 16.8 Å². The molecule has 0 unspecified atom stereocenters. The third-order valence-electron chi connectivity index (χ3n) is 3.50. The van der Waals surface area contributed by atoms with Crippen LogP contribution in [0.4, 0.5) is 5.69 Å². The second-order valence-electron chi connectivity index (χ2n) is 5.01. The average molecular weight is 278 g/mol. The van der Waals surface area contributed by atoms with Gasteiger partial charge in [-0.1, -0.05) is 30.5 Å². The van der Waals surface area contributed by atoms with Gasteiger partial charge in [-0.15, -0.1) is 5.10 Å². The first kappa shape index (κ1) is 12.4. The van der Waals surface area contributed by atoms with Gasteiger partial charge in [0.15, 0.2) is 5.82 Å². The standard InChI is InChI=1S/C13H16ClN5/c14-11-5-1-4-10(12(11)15)13-16-17-18-19(13)8-2-3-9-6-7-9/h1,4-5,9H,2-3,6-8,15H2. The van der Waals surface area contributed by atoms with Crippen LogP contribution in [0.25, 0.3) is 11.4 Å². The summed E-state index contributed by atoms with van der Waals surface area (Å²) < 4.78 is 1.81. The van der Waals surface area contributed by atoms with Crippen molar-refractivity contribution >= 4 is 17.3 Å². The molecule has 0 saturated heterocycles. The fourth-order valence-corrected chi connectivity index (χ4v) is 2.39. The van der Waals surface area contributed by atoms with Crippen molar-refractivity contribution in [2.75, 3.05) is 5.73 Å². The Labute approximate surface area is 116 Å². The number of tetrazole rings is 1. The van der Waals surface area contributed by atoms with Crippen molar-refractivity contribution in [3.05, 3.63) is 23.2 Å². The summed E-state index contributed by atoms with van der Waals surface area (Å²) in [7, 11) is 0. The largest absolute Gasteiger partial charge is 0.397 e. The van der Waals surface area contributed by atoms with Crippen molar-refractivity contribution in [1.82, 2.24) is 20.2 Å². The molecule has 1 aromatic carbocycles. The van der Waals surface area contributed by atoms with Crippen molar-refractivity contribution in [2.45, 2.75) is 32.2 Å². The molecule has 6 heteroatoms. The van der Waals surface area contributed by atoms with Gasteiger partial charge in [0.2, 0.25) is 0 Å². The van der Waals surface area contributed by atoms with Crippen LogP contribution in [0.3, 0.4) is 0 Å². The number of nitrogens with zero attached hydrogens (tertiary/aromatic N) is 4. The molecular formula is C13H16ClN5. The van der Waals surface area contributed by atoms with Crippen LogP contribution in [0.2, 0.25) is 5.02 Å². The Morgan fingerprint density at radius 1 is 1.37 bits per heavy atom. The SMILES string of the molecule is Nc1c(Cl)cccc1-c1nnnn1CCCC1CC1. The fraction of sp³-hybridized carbons (Fsp3) is 0.462. The van der Waals surface area contributed by atoms with Gasteiger partial charge in [-0.3, -0.25) is 0 Å². The van der Waals surface area contributed by atoms with Crippen LogP contribution < -0.4 is 5.73 Å². The summed E-state index contributed by atoms with van der Waals surface area (Å²) in [5.74, 6) is 1.62. The van der Waals surface area contributed by atoms with Crippen LogP contribution in [-0.4, -0.2) is 20.2 Å². The Balaban J connectivity index is 1.79. The number of aromatic nitrogens is 4. The van der Waals surface area contributed by atoms with Crippen LogP contribution in [0.1, 0.15) is 25.7 Å². The molecule has 1 aromatic heterocycles. The van der Waals surface area contributed by atoms with E-state index in [0.717, 1.165) is 24.4 Å². The minimum Gasteiger partial charge on any atom is -0.397 e. The number of para-hydroxylation sites is 1. The van der Waals surface area contributed by atoms with Crippen molar-refractivity contribution < 1.29 is 0 Å². The maximum absolute atomic E-state index is 6.03. The molecule has 0 atom stereocenters. The fourth-order valence-electron chi connectivity index (χ4n) is 2.22. The van der Waals surface area contributed by atoms with Crippen molar-refractivity contribution in [3.63, 3.8) is 0 Å². The van der Waals surface area contributed by atoms with Crippen LogP contribution >= 0.6 is 11.6 Å². The molecule has 0 radical (unpaired) electrons. The van der Waals surface area contributed by atoms with Gasteiger partial charge in [0.05, 0.1) is 10.7 Å². The predicted molar refractivity (Wildman–Crippen MR) is 74.6 cm³/mol. The van der Waals surface area contributed by atoms with E-state index >= 15 is 0 Å². The number of benzene rings is 1. The Kier molecular flexibility index (Phi) is 3.38.